The molecular formula is C14H20. The minimum absolute atomic E-state index is 0.789. The predicted molar refractivity (Wildman–Crippen MR) is 61.7 cm³/mol. The molecule has 1 atom stereocenters. The van der Waals surface area contributed by atoms with Gasteiger partial charge in [-0.3, -0.25) is 0 Å². The first kappa shape index (κ1) is 9.76. The number of fused-ring (bicyclic) bond motifs is 1. The first-order valence-corrected chi connectivity index (χ1v) is 5.78. The lowest BCUT2D eigenvalue weighted by Gasteiger charge is -2.28. The van der Waals surface area contributed by atoms with E-state index in [2.05, 4.69) is 39.0 Å². The highest BCUT2D eigenvalue weighted by Gasteiger charge is 2.22. The van der Waals surface area contributed by atoms with Gasteiger partial charge in [0.1, 0.15) is 0 Å². The Bertz CT molecular complexity index is 323. The average Bonchev–Trinajstić information content (AvgIpc) is 2.16. The Morgan fingerprint density at radius 1 is 1.29 bits per heavy atom. The van der Waals surface area contributed by atoms with Gasteiger partial charge in [-0.05, 0) is 49.1 Å². The van der Waals surface area contributed by atoms with Gasteiger partial charge in [0.25, 0.3) is 0 Å². The summed E-state index contributed by atoms with van der Waals surface area (Å²) in [5.74, 6) is 1.59. The van der Waals surface area contributed by atoms with Crippen LogP contribution in [-0.4, -0.2) is 0 Å². The Morgan fingerprint density at radius 3 is 2.79 bits per heavy atom. The molecule has 0 spiro atoms. The van der Waals surface area contributed by atoms with E-state index in [0.717, 1.165) is 11.8 Å². The van der Waals surface area contributed by atoms with Crippen LogP contribution in [0.25, 0.3) is 0 Å². The Hall–Kier alpha value is -0.780. The molecule has 0 heteroatoms. The summed E-state index contributed by atoms with van der Waals surface area (Å²) < 4.78 is 0. The van der Waals surface area contributed by atoms with Crippen LogP contribution in [-0.2, 0) is 6.42 Å². The van der Waals surface area contributed by atoms with Crippen LogP contribution in [0.3, 0.4) is 0 Å². The largest absolute Gasteiger partial charge is 0.0622 e. The predicted octanol–water partition coefficient (Wildman–Crippen LogP) is 4.07. The highest BCUT2D eigenvalue weighted by atomic mass is 14.3. The van der Waals surface area contributed by atoms with Gasteiger partial charge < -0.3 is 0 Å². The third-order valence-electron chi connectivity index (χ3n) is 3.46. The van der Waals surface area contributed by atoms with E-state index in [0.29, 0.717) is 0 Å². The Labute approximate surface area is 87.3 Å². The van der Waals surface area contributed by atoms with Crippen molar-refractivity contribution in [3.63, 3.8) is 0 Å². The van der Waals surface area contributed by atoms with Crippen LogP contribution in [0.2, 0.25) is 0 Å². The molecule has 1 aromatic rings. The Kier molecular flexibility index (Phi) is 2.62. The van der Waals surface area contributed by atoms with Gasteiger partial charge >= 0.3 is 0 Å². The summed E-state index contributed by atoms with van der Waals surface area (Å²) in [6.45, 7) is 6.89. The third-order valence-corrected chi connectivity index (χ3v) is 3.46. The average molecular weight is 188 g/mol. The molecule has 0 N–H and O–H groups in total. The van der Waals surface area contributed by atoms with Crippen molar-refractivity contribution in [2.45, 2.75) is 46.0 Å². The van der Waals surface area contributed by atoms with Gasteiger partial charge in [-0.25, -0.2) is 0 Å². The topological polar surface area (TPSA) is 0 Å². The molecule has 2 rings (SSSR count). The summed E-state index contributed by atoms with van der Waals surface area (Å²) in [4.78, 5) is 0. The van der Waals surface area contributed by atoms with Crippen molar-refractivity contribution in [2.75, 3.05) is 0 Å². The van der Waals surface area contributed by atoms with Crippen molar-refractivity contribution in [1.82, 2.24) is 0 Å². The number of hydrogen-bond donors (Lipinski definition) is 0. The molecule has 76 valence electrons. The molecule has 0 aromatic heterocycles. The van der Waals surface area contributed by atoms with Crippen molar-refractivity contribution < 1.29 is 0 Å². The van der Waals surface area contributed by atoms with Crippen LogP contribution < -0.4 is 0 Å². The van der Waals surface area contributed by atoms with Crippen molar-refractivity contribution in [3.8, 4) is 0 Å². The van der Waals surface area contributed by atoms with Crippen molar-refractivity contribution >= 4 is 0 Å². The second kappa shape index (κ2) is 3.76. The molecule has 0 nitrogen and oxygen atoms in total. The van der Waals surface area contributed by atoms with E-state index in [-0.39, 0.29) is 0 Å². The standard InChI is InChI=1S/C14H20/c1-10(2)13-6-4-5-12-9-11(3)7-8-14(12)13/h7-10,13H,4-6H2,1-3H3. The SMILES string of the molecule is Cc1ccc2c(c1)CCCC2C(C)C. The van der Waals surface area contributed by atoms with Gasteiger partial charge in [0.2, 0.25) is 0 Å². The molecule has 1 unspecified atom stereocenters. The van der Waals surface area contributed by atoms with E-state index < -0.39 is 0 Å². The lowest BCUT2D eigenvalue weighted by molar-refractivity contribution is 0.433. The van der Waals surface area contributed by atoms with Gasteiger partial charge in [0.15, 0.2) is 0 Å². The first-order chi connectivity index (χ1) is 6.68. The van der Waals surface area contributed by atoms with E-state index in [1.54, 1.807) is 11.1 Å². The first-order valence-electron chi connectivity index (χ1n) is 5.78. The lowest BCUT2D eigenvalue weighted by Crippen LogP contribution is -2.14. The smallest absolute Gasteiger partial charge is 0.0136 e. The zero-order chi connectivity index (χ0) is 10.1. The Morgan fingerprint density at radius 2 is 2.07 bits per heavy atom. The molecule has 1 aliphatic carbocycles. The summed E-state index contributed by atoms with van der Waals surface area (Å²) in [6, 6.07) is 7.00. The fourth-order valence-corrected chi connectivity index (χ4v) is 2.67. The summed E-state index contributed by atoms with van der Waals surface area (Å²) in [5.41, 5.74) is 4.64. The molecule has 1 aromatic carbocycles. The molecule has 0 heterocycles. The minimum Gasteiger partial charge on any atom is -0.0622 e. The lowest BCUT2D eigenvalue weighted by atomic mass is 9.77. The molecule has 0 amide bonds. The summed E-state index contributed by atoms with van der Waals surface area (Å²) in [6.07, 6.45) is 4.05. The summed E-state index contributed by atoms with van der Waals surface area (Å²) >= 11 is 0. The number of benzene rings is 1. The molecule has 0 bridgehead atoms. The summed E-state index contributed by atoms with van der Waals surface area (Å²) in [7, 11) is 0. The van der Waals surface area contributed by atoms with Crippen LogP contribution in [0.4, 0.5) is 0 Å². The highest BCUT2D eigenvalue weighted by molar-refractivity contribution is 5.36. The number of rotatable bonds is 1. The van der Waals surface area contributed by atoms with E-state index in [1.807, 2.05) is 0 Å². The van der Waals surface area contributed by atoms with E-state index >= 15 is 0 Å². The zero-order valence-corrected chi connectivity index (χ0v) is 9.51. The molecule has 0 saturated carbocycles. The van der Waals surface area contributed by atoms with Gasteiger partial charge in [0.05, 0.1) is 0 Å². The molecule has 0 radical (unpaired) electrons. The van der Waals surface area contributed by atoms with Crippen molar-refractivity contribution in [3.05, 3.63) is 34.9 Å². The van der Waals surface area contributed by atoms with Gasteiger partial charge in [0, 0.05) is 0 Å². The molecule has 0 aliphatic heterocycles. The van der Waals surface area contributed by atoms with Crippen LogP contribution in [0.5, 0.6) is 0 Å². The van der Waals surface area contributed by atoms with E-state index in [4.69, 9.17) is 0 Å². The zero-order valence-electron chi connectivity index (χ0n) is 9.51. The van der Waals surface area contributed by atoms with Gasteiger partial charge in [-0.15, -0.1) is 0 Å². The molecule has 1 aliphatic rings. The van der Waals surface area contributed by atoms with Crippen molar-refractivity contribution in [1.29, 1.82) is 0 Å². The second-order valence-corrected chi connectivity index (χ2v) is 4.95. The van der Waals surface area contributed by atoms with Crippen LogP contribution in [0, 0.1) is 12.8 Å². The van der Waals surface area contributed by atoms with Crippen molar-refractivity contribution in [2.24, 2.45) is 5.92 Å². The summed E-state index contributed by atoms with van der Waals surface area (Å²) in [5, 5.41) is 0. The van der Waals surface area contributed by atoms with Crippen LogP contribution in [0.15, 0.2) is 18.2 Å². The van der Waals surface area contributed by atoms with Gasteiger partial charge in [-0.2, -0.15) is 0 Å². The molecule has 14 heavy (non-hydrogen) atoms. The fraction of sp³-hybridized carbons (Fsp3) is 0.571. The molecule has 0 saturated heterocycles. The van der Waals surface area contributed by atoms with E-state index in [1.165, 1.54) is 24.8 Å². The maximum Gasteiger partial charge on any atom is -0.0136 e. The fourth-order valence-electron chi connectivity index (χ4n) is 2.67. The van der Waals surface area contributed by atoms with Crippen LogP contribution in [0.1, 0.15) is 49.3 Å². The minimum atomic E-state index is 0.789. The second-order valence-electron chi connectivity index (χ2n) is 4.95. The van der Waals surface area contributed by atoms with E-state index in [9.17, 15) is 0 Å². The molecular weight excluding hydrogens is 168 g/mol. The number of hydrogen-bond acceptors (Lipinski definition) is 0. The Balaban J connectivity index is 2.40. The quantitative estimate of drug-likeness (QED) is 0.623. The monoisotopic (exact) mass is 188 g/mol. The maximum absolute atomic E-state index is 2.38. The maximum atomic E-state index is 2.38. The number of aryl methyl sites for hydroxylation is 2. The van der Waals surface area contributed by atoms with Gasteiger partial charge in [-0.1, -0.05) is 37.6 Å². The van der Waals surface area contributed by atoms with Crippen LogP contribution >= 0.6 is 0 Å². The third kappa shape index (κ3) is 1.70. The molecule has 0 fully saturated rings. The normalized spacial score (nSPS) is 21.0. The highest BCUT2D eigenvalue weighted by Crippen LogP contribution is 2.36.